The molecule has 0 saturated carbocycles. The van der Waals surface area contributed by atoms with E-state index in [4.69, 9.17) is 0 Å². The predicted octanol–water partition coefficient (Wildman–Crippen LogP) is 2.04. The molecule has 6 nitrogen and oxygen atoms in total. The number of sulfonamides is 1. The maximum atomic E-state index is 11.5. The minimum atomic E-state index is -3.10. The number of hydrogen-bond acceptors (Lipinski definition) is 3. The van der Waals surface area contributed by atoms with Crippen molar-refractivity contribution in [3.05, 3.63) is 0 Å². The van der Waals surface area contributed by atoms with Gasteiger partial charge in [-0.25, -0.2) is 12.7 Å². The summed E-state index contributed by atoms with van der Waals surface area (Å²) in [5.74, 6) is 1.47. The van der Waals surface area contributed by atoms with Crippen molar-refractivity contribution in [3.8, 4) is 0 Å². The second-order valence-electron chi connectivity index (χ2n) is 5.90. The van der Waals surface area contributed by atoms with Crippen LogP contribution in [0.25, 0.3) is 0 Å². The molecular formula is C16H36N4O2S. The van der Waals surface area contributed by atoms with Crippen molar-refractivity contribution in [2.75, 3.05) is 39.5 Å². The highest BCUT2D eigenvalue weighted by Crippen LogP contribution is 2.10. The van der Waals surface area contributed by atoms with E-state index in [0.717, 1.165) is 18.9 Å². The number of guanidine groups is 1. The minimum Gasteiger partial charge on any atom is -0.356 e. The minimum absolute atomic E-state index is 0.515. The molecule has 2 N–H and O–H groups in total. The second kappa shape index (κ2) is 12.6. The van der Waals surface area contributed by atoms with Crippen LogP contribution in [0.1, 0.15) is 52.9 Å². The monoisotopic (exact) mass is 348 g/mol. The second-order valence-corrected chi connectivity index (χ2v) is 7.89. The molecule has 0 aromatic carbocycles. The molecule has 0 rings (SSSR count). The fourth-order valence-electron chi connectivity index (χ4n) is 2.43. The Bertz CT molecular complexity index is 424. The van der Waals surface area contributed by atoms with Crippen LogP contribution >= 0.6 is 0 Å². The number of aliphatic imine (C=N–C) groups is 1. The summed E-state index contributed by atoms with van der Waals surface area (Å²) in [4.78, 5) is 4.22. The third kappa shape index (κ3) is 10.5. The van der Waals surface area contributed by atoms with Gasteiger partial charge in [0.05, 0.1) is 6.26 Å². The van der Waals surface area contributed by atoms with Crippen LogP contribution in [0.15, 0.2) is 4.99 Å². The van der Waals surface area contributed by atoms with Crippen molar-refractivity contribution in [2.45, 2.75) is 52.9 Å². The Morgan fingerprint density at radius 2 is 1.87 bits per heavy atom. The molecule has 0 aliphatic heterocycles. The molecule has 1 unspecified atom stereocenters. The molecule has 0 bridgehead atoms. The Morgan fingerprint density at radius 3 is 2.35 bits per heavy atom. The summed E-state index contributed by atoms with van der Waals surface area (Å²) in [6.07, 6.45) is 6.93. The van der Waals surface area contributed by atoms with Gasteiger partial charge in [0.2, 0.25) is 10.0 Å². The van der Waals surface area contributed by atoms with E-state index in [2.05, 4.69) is 29.5 Å². The molecule has 0 saturated heterocycles. The summed E-state index contributed by atoms with van der Waals surface area (Å²) in [6, 6.07) is 0. The molecule has 0 heterocycles. The summed E-state index contributed by atoms with van der Waals surface area (Å²) in [5.41, 5.74) is 0. The SMILES string of the molecule is CCCCC(CC)CNC(=NC)NCCCN(CC)S(C)(=O)=O. The van der Waals surface area contributed by atoms with E-state index in [1.54, 1.807) is 7.05 Å². The van der Waals surface area contributed by atoms with Gasteiger partial charge in [0, 0.05) is 33.2 Å². The van der Waals surface area contributed by atoms with E-state index in [1.165, 1.54) is 36.2 Å². The zero-order valence-corrected chi connectivity index (χ0v) is 16.4. The molecule has 1 atom stereocenters. The summed E-state index contributed by atoms with van der Waals surface area (Å²) < 4.78 is 24.5. The summed E-state index contributed by atoms with van der Waals surface area (Å²) >= 11 is 0. The van der Waals surface area contributed by atoms with E-state index < -0.39 is 10.0 Å². The Morgan fingerprint density at radius 1 is 1.17 bits per heavy atom. The molecule has 0 fully saturated rings. The van der Waals surface area contributed by atoms with Gasteiger partial charge in [0.25, 0.3) is 0 Å². The summed E-state index contributed by atoms with van der Waals surface area (Å²) in [7, 11) is -1.33. The van der Waals surface area contributed by atoms with Crippen LogP contribution in [-0.2, 0) is 10.0 Å². The van der Waals surface area contributed by atoms with Crippen molar-refractivity contribution < 1.29 is 8.42 Å². The first-order valence-electron chi connectivity index (χ1n) is 8.78. The average molecular weight is 349 g/mol. The van der Waals surface area contributed by atoms with Crippen LogP contribution in [0.3, 0.4) is 0 Å². The zero-order valence-electron chi connectivity index (χ0n) is 15.6. The third-order valence-corrected chi connectivity index (χ3v) is 5.40. The predicted molar refractivity (Wildman–Crippen MR) is 99.4 cm³/mol. The lowest BCUT2D eigenvalue weighted by Gasteiger charge is -2.19. The summed E-state index contributed by atoms with van der Waals surface area (Å²) in [6.45, 7) is 8.99. The van der Waals surface area contributed by atoms with Crippen molar-refractivity contribution in [1.29, 1.82) is 0 Å². The van der Waals surface area contributed by atoms with Crippen LogP contribution < -0.4 is 10.6 Å². The average Bonchev–Trinajstić information content (AvgIpc) is 2.51. The Hall–Kier alpha value is -0.820. The molecule has 0 radical (unpaired) electrons. The van der Waals surface area contributed by atoms with Gasteiger partial charge < -0.3 is 10.6 Å². The van der Waals surface area contributed by atoms with Gasteiger partial charge in [-0.2, -0.15) is 0 Å². The molecule has 7 heteroatoms. The van der Waals surface area contributed by atoms with E-state index in [9.17, 15) is 8.42 Å². The van der Waals surface area contributed by atoms with E-state index in [-0.39, 0.29) is 0 Å². The quantitative estimate of drug-likeness (QED) is 0.321. The lowest BCUT2D eigenvalue weighted by molar-refractivity contribution is 0.422. The highest BCUT2D eigenvalue weighted by atomic mass is 32.2. The highest BCUT2D eigenvalue weighted by molar-refractivity contribution is 7.88. The van der Waals surface area contributed by atoms with E-state index >= 15 is 0 Å². The van der Waals surface area contributed by atoms with Gasteiger partial charge in [-0.1, -0.05) is 40.0 Å². The number of rotatable bonds is 12. The highest BCUT2D eigenvalue weighted by Gasteiger charge is 2.13. The van der Waals surface area contributed by atoms with Gasteiger partial charge in [-0.05, 0) is 18.8 Å². The number of nitrogens with zero attached hydrogens (tertiary/aromatic N) is 2. The molecule has 23 heavy (non-hydrogen) atoms. The van der Waals surface area contributed by atoms with Crippen LogP contribution in [0.2, 0.25) is 0 Å². The molecule has 0 aromatic heterocycles. The third-order valence-electron chi connectivity index (χ3n) is 4.02. The smallest absolute Gasteiger partial charge is 0.211 e. The lowest BCUT2D eigenvalue weighted by atomic mass is 9.99. The van der Waals surface area contributed by atoms with Gasteiger partial charge in [0.1, 0.15) is 0 Å². The van der Waals surface area contributed by atoms with Gasteiger partial charge in [-0.3, -0.25) is 4.99 Å². The fourth-order valence-corrected chi connectivity index (χ4v) is 3.36. The summed E-state index contributed by atoms with van der Waals surface area (Å²) in [5, 5.41) is 6.62. The van der Waals surface area contributed by atoms with Crippen LogP contribution in [0, 0.1) is 5.92 Å². The normalized spacial score (nSPS) is 14.1. The fraction of sp³-hybridized carbons (Fsp3) is 0.938. The molecule has 0 amide bonds. The number of nitrogens with one attached hydrogen (secondary N) is 2. The molecule has 0 aliphatic carbocycles. The Labute approximate surface area is 143 Å². The van der Waals surface area contributed by atoms with Gasteiger partial charge in [0.15, 0.2) is 5.96 Å². The van der Waals surface area contributed by atoms with Crippen molar-refractivity contribution in [3.63, 3.8) is 0 Å². The standard InChI is InChI=1S/C16H36N4O2S/c1-6-9-11-15(7-2)14-19-16(17-4)18-12-10-13-20(8-3)23(5,21)22/h15H,6-14H2,1-5H3,(H2,17,18,19). The van der Waals surface area contributed by atoms with Crippen molar-refractivity contribution in [2.24, 2.45) is 10.9 Å². The van der Waals surface area contributed by atoms with Crippen molar-refractivity contribution >= 4 is 16.0 Å². The first kappa shape index (κ1) is 22.2. The van der Waals surface area contributed by atoms with Gasteiger partial charge >= 0.3 is 0 Å². The first-order valence-corrected chi connectivity index (χ1v) is 10.6. The zero-order chi connectivity index (χ0) is 17.7. The molecule has 0 aliphatic rings. The van der Waals surface area contributed by atoms with E-state index in [0.29, 0.717) is 25.6 Å². The first-order chi connectivity index (χ1) is 10.9. The van der Waals surface area contributed by atoms with Gasteiger partial charge in [-0.15, -0.1) is 0 Å². The van der Waals surface area contributed by atoms with Crippen LogP contribution in [-0.4, -0.2) is 58.2 Å². The van der Waals surface area contributed by atoms with Crippen LogP contribution in [0.5, 0.6) is 0 Å². The topological polar surface area (TPSA) is 73.8 Å². The maximum Gasteiger partial charge on any atom is 0.211 e. The van der Waals surface area contributed by atoms with E-state index in [1.807, 2.05) is 6.92 Å². The Kier molecular flexibility index (Phi) is 12.1. The molecule has 138 valence electrons. The largest absolute Gasteiger partial charge is 0.356 e. The number of unbranched alkanes of at least 4 members (excludes halogenated alkanes) is 1. The lowest BCUT2D eigenvalue weighted by Crippen LogP contribution is -2.41. The number of hydrogen-bond donors (Lipinski definition) is 2. The Balaban J connectivity index is 4.07. The van der Waals surface area contributed by atoms with Crippen LogP contribution in [0.4, 0.5) is 0 Å². The molecule has 0 spiro atoms. The van der Waals surface area contributed by atoms with Crippen molar-refractivity contribution in [1.82, 2.24) is 14.9 Å². The maximum absolute atomic E-state index is 11.5. The molecule has 0 aromatic rings. The molecular weight excluding hydrogens is 312 g/mol.